The van der Waals surface area contributed by atoms with Gasteiger partial charge in [-0.25, -0.2) is 13.1 Å². The van der Waals surface area contributed by atoms with Crippen molar-refractivity contribution >= 4 is 10.0 Å². The molecule has 0 amide bonds. The summed E-state index contributed by atoms with van der Waals surface area (Å²) in [6, 6.07) is 3.17. The van der Waals surface area contributed by atoms with Crippen molar-refractivity contribution < 1.29 is 12.8 Å². The van der Waals surface area contributed by atoms with Crippen LogP contribution in [0.25, 0.3) is 0 Å². The fourth-order valence-electron chi connectivity index (χ4n) is 1.51. The Hall–Kier alpha value is -1.11. The molecule has 0 aliphatic carbocycles. The Kier molecular flexibility index (Phi) is 6.45. The second kappa shape index (κ2) is 7.61. The molecule has 5 nitrogen and oxygen atoms in total. The third kappa shape index (κ3) is 5.90. The van der Waals surface area contributed by atoms with E-state index in [-0.39, 0.29) is 11.6 Å². The summed E-state index contributed by atoms with van der Waals surface area (Å²) in [5, 5.41) is 3.16. The van der Waals surface area contributed by atoms with Crippen LogP contribution in [-0.4, -0.2) is 21.5 Å². The number of hydrogen-bond donors (Lipinski definition) is 2. The van der Waals surface area contributed by atoms with Gasteiger partial charge in [0, 0.05) is 6.54 Å². The normalized spacial score (nSPS) is 11.8. The maximum absolute atomic E-state index is 12.0. The Balaban J connectivity index is 2.58. The van der Waals surface area contributed by atoms with Crippen LogP contribution in [0.3, 0.4) is 0 Å². The van der Waals surface area contributed by atoms with Gasteiger partial charge in [-0.1, -0.05) is 25.5 Å². The Morgan fingerprint density at radius 2 is 2.05 bits per heavy atom. The standard InChI is InChI=1S/C14H24N2O3S/c1-11(2)7-8-16-20(17,18)14-6-5-13(19-14)10-15-9-12(3)4/h5-7,12,15-16H,8-10H2,1-4H3. The molecule has 1 aromatic rings. The van der Waals surface area contributed by atoms with E-state index in [9.17, 15) is 8.42 Å². The summed E-state index contributed by atoms with van der Waals surface area (Å²) in [5.74, 6) is 1.16. The van der Waals surface area contributed by atoms with Gasteiger partial charge in [-0.2, -0.15) is 0 Å². The maximum atomic E-state index is 12.0. The molecule has 2 N–H and O–H groups in total. The van der Waals surface area contributed by atoms with E-state index in [4.69, 9.17) is 4.42 Å². The molecule has 0 radical (unpaired) electrons. The van der Waals surface area contributed by atoms with Crippen molar-refractivity contribution in [2.75, 3.05) is 13.1 Å². The quantitative estimate of drug-likeness (QED) is 0.723. The van der Waals surface area contributed by atoms with Crippen molar-refractivity contribution in [3.05, 3.63) is 29.5 Å². The highest BCUT2D eigenvalue weighted by atomic mass is 32.2. The van der Waals surface area contributed by atoms with Gasteiger partial charge in [-0.3, -0.25) is 0 Å². The largest absolute Gasteiger partial charge is 0.447 e. The van der Waals surface area contributed by atoms with E-state index < -0.39 is 10.0 Å². The van der Waals surface area contributed by atoms with Crippen LogP contribution in [0.15, 0.2) is 33.3 Å². The molecule has 20 heavy (non-hydrogen) atoms. The summed E-state index contributed by atoms with van der Waals surface area (Å²) in [5.41, 5.74) is 1.06. The molecule has 1 heterocycles. The molecule has 0 aliphatic heterocycles. The van der Waals surface area contributed by atoms with Crippen molar-refractivity contribution in [1.82, 2.24) is 10.0 Å². The van der Waals surface area contributed by atoms with E-state index in [2.05, 4.69) is 23.9 Å². The number of nitrogens with one attached hydrogen (secondary N) is 2. The highest BCUT2D eigenvalue weighted by molar-refractivity contribution is 7.89. The number of allylic oxidation sites excluding steroid dienone is 1. The topological polar surface area (TPSA) is 71.3 Å². The molecule has 0 saturated carbocycles. The summed E-state index contributed by atoms with van der Waals surface area (Å²) in [4.78, 5) is 0. The van der Waals surface area contributed by atoms with Gasteiger partial charge in [0.2, 0.25) is 5.09 Å². The first-order valence-corrected chi connectivity index (χ1v) is 8.22. The van der Waals surface area contributed by atoms with E-state index in [1.165, 1.54) is 6.07 Å². The van der Waals surface area contributed by atoms with Gasteiger partial charge in [0.15, 0.2) is 0 Å². The minimum absolute atomic E-state index is 0.0407. The molecule has 1 aromatic heterocycles. The fourth-order valence-corrected chi connectivity index (χ4v) is 2.42. The van der Waals surface area contributed by atoms with Crippen LogP contribution >= 0.6 is 0 Å². The lowest BCUT2D eigenvalue weighted by atomic mass is 10.2. The molecule has 0 saturated heterocycles. The van der Waals surface area contributed by atoms with Gasteiger partial charge in [0.1, 0.15) is 5.76 Å². The van der Waals surface area contributed by atoms with E-state index in [0.717, 1.165) is 12.1 Å². The lowest BCUT2D eigenvalue weighted by molar-refractivity contribution is 0.395. The molecule has 0 unspecified atom stereocenters. The molecule has 1 rings (SSSR count). The minimum atomic E-state index is -3.57. The first-order chi connectivity index (χ1) is 9.31. The number of sulfonamides is 1. The first kappa shape index (κ1) is 16.9. The summed E-state index contributed by atoms with van der Waals surface area (Å²) in [6.07, 6.45) is 1.81. The lowest BCUT2D eigenvalue weighted by Gasteiger charge is -2.05. The van der Waals surface area contributed by atoms with Gasteiger partial charge in [-0.05, 0) is 38.4 Å². The first-order valence-electron chi connectivity index (χ1n) is 6.73. The van der Waals surface area contributed by atoms with Gasteiger partial charge in [0.05, 0.1) is 6.54 Å². The zero-order valence-electron chi connectivity index (χ0n) is 12.6. The van der Waals surface area contributed by atoms with E-state index in [1.807, 2.05) is 19.9 Å². The fraction of sp³-hybridized carbons (Fsp3) is 0.571. The average Bonchev–Trinajstić information content (AvgIpc) is 2.77. The van der Waals surface area contributed by atoms with Gasteiger partial charge >= 0.3 is 0 Å². The minimum Gasteiger partial charge on any atom is -0.447 e. The summed E-state index contributed by atoms with van der Waals surface area (Å²) in [7, 11) is -3.57. The third-order valence-electron chi connectivity index (χ3n) is 2.54. The zero-order valence-corrected chi connectivity index (χ0v) is 13.4. The monoisotopic (exact) mass is 300 g/mol. The molecular weight excluding hydrogens is 276 g/mol. The van der Waals surface area contributed by atoms with Crippen LogP contribution < -0.4 is 10.0 Å². The Labute approximate surface area is 121 Å². The Bertz CT molecular complexity index is 541. The van der Waals surface area contributed by atoms with Crippen LogP contribution in [0, 0.1) is 5.92 Å². The van der Waals surface area contributed by atoms with E-state index in [1.54, 1.807) is 6.07 Å². The Morgan fingerprint density at radius 3 is 2.65 bits per heavy atom. The van der Waals surface area contributed by atoms with E-state index in [0.29, 0.717) is 18.2 Å². The van der Waals surface area contributed by atoms with Crippen LogP contribution in [-0.2, 0) is 16.6 Å². The van der Waals surface area contributed by atoms with Crippen molar-refractivity contribution in [1.29, 1.82) is 0 Å². The smallest absolute Gasteiger partial charge is 0.274 e. The van der Waals surface area contributed by atoms with Crippen molar-refractivity contribution in [2.45, 2.75) is 39.3 Å². The van der Waals surface area contributed by atoms with Crippen molar-refractivity contribution in [3.8, 4) is 0 Å². The summed E-state index contributed by atoms with van der Waals surface area (Å²) in [6.45, 7) is 9.71. The van der Waals surface area contributed by atoms with Crippen LogP contribution in [0.5, 0.6) is 0 Å². The van der Waals surface area contributed by atoms with Crippen LogP contribution in [0.1, 0.15) is 33.5 Å². The maximum Gasteiger partial charge on any atom is 0.274 e. The lowest BCUT2D eigenvalue weighted by Crippen LogP contribution is -2.23. The van der Waals surface area contributed by atoms with E-state index >= 15 is 0 Å². The van der Waals surface area contributed by atoms with Crippen molar-refractivity contribution in [3.63, 3.8) is 0 Å². The second-order valence-electron chi connectivity index (χ2n) is 5.38. The van der Waals surface area contributed by atoms with Crippen LogP contribution in [0.2, 0.25) is 0 Å². The zero-order chi connectivity index (χ0) is 15.2. The molecule has 6 heteroatoms. The van der Waals surface area contributed by atoms with Gasteiger partial charge in [-0.15, -0.1) is 0 Å². The number of rotatable bonds is 8. The predicted molar refractivity (Wildman–Crippen MR) is 79.9 cm³/mol. The second-order valence-corrected chi connectivity index (χ2v) is 7.08. The molecular formula is C14H24N2O3S. The molecule has 0 aliphatic rings. The average molecular weight is 300 g/mol. The number of furan rings is 1. The number of hydrogen-bond acceptors (Lipinski definition) is 4. The highest BCUT2D eigenvalue weighted by Crippen LogP contribution is 2.13. The molecule has 0 atom stereocenters. The van der Waals surface area contributed by atoms with Crippen LogP contribution in [0.4, 0.5) is 0 Å². The SMILES string of the molecule is CC(C)=CCNS(=O)(=O)c1ccc(CNCC(C)C)o1. The molecule has 0 bridgehead atoms. The van der Waals surface area contributed by atoms with Gasteiger partial charge < -0.3 is 9.73 Å². The molecule has 0 aromatic carbocycles. The summed E-state index contributed by atoms with van der Waals surface area (Å²) < 4.78 is 31.7. The predicted octanol–water partition coefficient (Wildman–Crippen LogP) is 2.27. The molecule has 0 spiro atoms. The van der Waals surface area contributed by atoms with Crippen molar-refractivity contribution in [2.24, 2.45) is 5.92 Å². The molecule has 0 fully saturated rings. The third-order valence-corrected chi connectivity index (χ3v) is 3.83. The molecule has 114 valence electrons. The Morgan fingerprint density at radius 1 is 1.35 bits per heavy atom. The summed E-state index contributed by atoms with van der Waals surface area (Å²) >= 11 is 0. The highest BCUT2D eigenvalue weighted by Gasteiger charge is 2.17. The van der Waals surface area contributed by atoms with Gasteiger partial charge in [0.25, 0.3) is 10.0 Å².